The normalized spacial score (nSPS) is 29.1. The van der Waals surface area contributed by atoms with E-state index in [1.165, 1.54) is 7.11 Å². The van der Waals surface area contributed by atoms with Crippen LogP contribution in [0.1, 0.15) is 32.6 Å². The molecule has 1 aliphatic heterocycles. The van der Waals surface area contributed by atoms with Gasteiger partial charge in [-0.1, -0.05) is 6.92 Å². The first-order valence-corrected chi connectivity index (χ1v) is 7.09. The zero-order valence-corrected chi connectivity index (χ0v) is 11.8. The maximum absolute atomic E-state index is 12.3. The smallest absolute Gasteiger partial charge is 0.307 e. The lowest BCUT2D eigenvalue weighted by Crippen LogP contribution is -2.40. The maximum Gasteiger partial charge on any atom is 0.307 e. The fourth-order valence-corrected chi connectivity index (χ4v) is 2.55. The third kappa shape index (κ3) is 3.93. The number of carbonyl (C=O) groups is 2. The maximum atomic E-state index is 12.3. The van der Waals surface area contributed by atoms with E-state index in [1.807, 2.05) is 0 Å². The molecule has 1 heterocycles. The second-order valence-corrected chi connectivity index (χ2v) is 5.56. The van der Waals surface area contributed by atoms with Gasteiger partial charge in [-0.15, -0.1) is 0 Å². The highest BCUT2D eigenvalue weighted by Crippen LogP contribution is 2.39. The Bertz CT molecular complexity index is 338. The fourth-order valence-electron chi connectivity index (χ4n) is 2.55. The third-order valence-electron chi connectivity index (χ3n) is 4.00. The van der Waals surface area contributed by atoms with E-state index in [0.29, 0.717) is 19.0 Å². The summed E-state index contributed by atoms with van der Waals surface area (Å²) in [6.07, 6.45) is 3.43. The molecule has 1 saturated heterocycles. The average molecular weight is 269 g/mol. The van der Waals surface area contributed by atoms with E-state index >= 15 is 0 Å². The van der Waals surface area contributed by atoms with Gasteiger partial charge in [0.2, 0.25) is 5.91 Å². The zero-order valence-electron chi connectivity index (χ0n) is 11.8. The van der Waals surface area contributed by atoms with Gasteiger partial charge >= 0.3 is 5.97 Å². The minimum atomic E-state index is -0.269. The van der Waals surface area contributed by atoms with E-state index in [1.54, 1.807) is 4.90 Å². The quantitative estimate of drug-likeness (QED) is 0.680. The molecule has 3 unspecified atom stereocenters. The van der Waals surface area contributed by atoms with Gasteiger partial charge in [0.1, 0.15) is 0 Å². The first-order chi connectivity index (χ1) is 9.11. The lowest BCUT2D eigenvalue weighted by molar-refractivity contribution is -0.142. The van der Waals surface area contributed by atoms with Gasteiger partial charge < -0.3 is 14.4 Å². The van der Waals surface area contributed by atoms with Crippen molar-refractivity contribution in [2.24, 2.45) is 11.8 Å². The van der Waals surface area contributed by atoms with E-state index in [4.69, 9.17) is 4.74 Å². The Morgan fingerprint density at radius 3 is 2.68 bits per heavy atom. The van der Waals surface area contributed by atoms with Gasteiger partial charge in [-0.25, -0.2) is 0 Å². The number of rotatable bonds is 6. The van der Waals surface area contributed by atoms with Gasteiger partial charge in [-0.05, 0) is 25.2 Å². The molecule has 2 rings (SSSR count). The van der Waals surface area contributed by atoms with Crippen molar-refractivity contribution >= 4 is 11.9 Å². The molecule has 1 amide bonds. The Kier molecular flexibility index (Phi) is 4.80. The minimum absolute atomic E-state index is 0.135. The van der Waals surface area contributed by atoms with Gasteiger partial charge in [0, 0.05) is 25.6 Å². The summed E-state index contributed by atoms with van der Waals surface area (Å²) >= 11 is 0. The molecule has 108 valence electrons. The number of methoxy groups -OCH3 is 1. The van der Waals surface area contributed by atoms with Gasteiger partial charge in [0.05, 0.1) is 19.6 Å². The molecule has 0 aromatic rings. The number of ether oxygens (including phenoxy) is 2. The third-order valence-corrected chi connectivity index (χ3v) is 4.00. The molecular formula is C14H23NO4. The monoisotopic (exact) mass is 269 g/mol. The van der Waals surface area contributed by atoms with Gasteiger partial charge in [0.25, 0.3) is 0 Å². The van der Waals surface area contributed by atoms with Crippen LogP contribution in [0.15, 0.2) is 0 Å². The molecular weight excluding hydrogens is 246 g/mol. The van der Waals surface area contributed by atoms with Crippen LogP contribution in [0.2, 0.25) is 0 Å². The molecule has 1 aliphatic carbocycles. The van der Waals surface area contributed by atoms with Crippen molar-refractivity contribution in [3.8, 4) is 0 Å². The summed E-state index contributed by atoms with van der Waals surface area (Å²) in [5.74, 6) is 0.539. The summed E-state index contributed by atoms with van der Waals surface area (Å²) in [5.41, 5.74) is 0. The Labute approximate surface area is 114 Å². The molecule has 0 spiro atoms. The summed E-state index contributed by atoms with van der Waals surface area (Å²) in [4.78, 5) is 25.3. The van der Waals surface area contributed by atoms with Gasteiger partial charge in [-0.2, -0.15) is 0 Å². The van der Waals surface area contributed by atoms with Crippen LogP contribution in [0.5, 0.6) is 0 Å². The molecule has 5 heteroatoms. The second kappa shape index (κ2) is 6.37. The summed E-state index contributed by atoms with van der Waals surface area (Å²) < 4.78 is 10.2. The van der Waals surface area contributed by atoms with Crippen LogP contribution in [-0.2, 0) is 19.1 Å². The number of carbonyl (C=O) groups excluding carboxylic acids is 2. The Balaban J connectivity index is 1.87. The highest BCUT2D eigenvalue weighted by Gasteiger charge is 2.42. The standard InChI is InChI=1S/C14H23NO4/c1-10-8-12(10)14(17)15(6-5-13(16)18-2)9-11-4-3-7-19-11/h10-12H,3-9H2,1-2H3. The van der Waals surface area contributed by atoms with Gasteiger partial charge in [0.15, 0.2) is 0 Å². The molecule has 0 aromatic heterocycles. The van der Waals surface area contributed by atoms with Crippen LogP contribution in [-0.4, -0.2) is 49.7 Å². The molecule has 5 nitrogen and oxygen atoms in total. The van der Waals surface area contributed by atoms with Crippen LogP contribution in [0, 0.1) is 11.8 Å². The average Bonchev–Trinajstić information content (AvgIpc) is 2.91. The summed E-state index contributed by atoms with van der Waals surface area (Å²) in [6.45, 7) is 3.92. The number of hydrogen-bond acceptors (Lipinski definition) is 4. The van der Waals surface area contributed by atoms with Crippen molar-refractivity contribution in [1.82, 2.24) is 4.90 Å². The molecule has 0 N–H and O–H groups in total. The first-order valence-electron chi connectivity index (χ1n) is 7.09. The highest BCUT2D eigenvalue weighted by atomic mass is 16.5. The van der Waals surface area contributed by atoms with E-state index < -0.39 is 0 Å². The molecule has 1 saturated carbocycles. The van der Waals surface area contributed by atoms with Crippen LogP contribution < -0.4 is 0 Å². The van der Waals surface area contributed by atoms with Crippen molar-refractivity contribution < 1.29 is 19.1 Å². The predicted octanol–water partition coefficient (Wildman–Crippen LogP) is 1.21. The SMILES string of the molecule is COC(=O)CCN(CC1CCCO1)C(=O)C1CC1C. The number of hydrogen-bond donors (Lipinski definition) is 0. The predicted molar refractivity (Wildman–Crippen MR) is 69.5 cm³/mol. The van der Waals surface area contributed by atoms with Crippen molar-refractivity contribution in [2.75, 3.05) is 26.8 Å². The van der Waals surface area contributed by atoms with Crippen molar-refractivity contribution in [3.05, 3.63) is 0 Å². The molecule has 0 aromatic carbocycles. The Hall–Kier alpha value is -1.10. The lowest BCUT2D eigenvalue weighted by Gasteiger charge is -2.25. The lowest BCUT2D eigenvalue weighted by atomic mass is 10.2. The summed E-state index contributed by atoms with van der Waals surface area (Å²) in [6, 6.07) is 0. The van der Waals surface area contributed by atoms with Gasteiger partial charge in [-0.3, -0.25) is 9.59 Å². The second-order valence-electron chi connectivity index (χ2n) is 5.56. The van der Waals surface area contributed by atoms with Crippen molar-refractivity contribution in [2.45, 2.75) is 38.7 Å². The Morgan fingerprint density at radius 2 is 2.16 bits per heavy atom. The fraction of sp³-hybridized carbons (Fsp3) is 0.857. The van der Waals surface area contributed by atoms with E-state index in [2.05, 4.69) is 11.7 Å². The molecule has 3 atom stereocenters. The molecule has 2 fully saturated rings. The molecule has 19 heavy (non-hydrogen) atoms. The first kappa shape index (κ1) is 14.3. The van der Waals surface area contributed by atoms with Crippen LogP contribution in [0.4, 0.5) is 0 Å². The van der Waals surface area contributed by atoms with Crippen LogP contribution in [0.3, 0.4) is 0 Å². The number of amides is 1. The summed E-state index contributed by atoms with van der Waals surface area (Å²) in [7, 11) is 1.37. The summed E-state index contributed by atoms with van der Waals surface area (Å²) in [5, 5.41) is 0. The van der Waals surface area contributed by atoms with E-state index in [0.717, 1.165) is 25.9 Å². The Morgan fingerprint density at radius 1 is 1.42 bits per heavy atom. The molecule has 0 radical (unpaired) electrons. The van der Waals surface area contributed by atoms with E-state index in [-0.39, 0.29) is 30.3 Å². The zero-order chi connectivity index (χ0) is 13.8. The van der Waals surface area contributed by atoms with Crippen molar-refractivity contribution in [1.29, 1.82) is 0 Å². The van der Waals surface area contributed by atoms with E-state index in [9.17, 15) is 9.59 Å². The van der Waals surface area contributed by atoms with Crippen LogP contribution >= 0.6 is 0 Å². The largest absolute Gasteiger partial charge is 0.469 e. The van der Waals surface area contributed by atoms with Crippen molar-refractivity contribution in [3.63, 3.8) is 0 Å². The molecule has 0 bridgehead atoms. The number of esters is 1. The highest BCUT2D eigenvalue weighted by molar-refractivity contribution is 5.82. The minimum Gasteiger partial charge on any atom is -0.469 e. The molecule has 2 aliphatic rings. The van der Waals surface area contributed by atoms with Crippen LogP contribution in [0.25, 0.3) is 0 Å². The topological polar surface area (TPSA) is 55.8 Å². The number of nitrogens with zero attached hydrogens (tertiary/aromatic N) is 1.